The van der Waals surface area contributed by atoms with Gasteiger partial charge in [0.2, 0.25) is 0 Å². The van der Waals surface area contributed by atoms with Crippen LogP contribution in [0.25, 0.3) is 6.08 Å². The van der Waals surface area contributed by atoms with Crippen LogP contribution < -0.4 is 5.32 Å². The van der Waals surface area contributed by atoms with E-state index in [0.717, 1.165) is 11.1 Å². The third-order valence-electron chi connectivity index (χ3n) is 9.02. The van der Waals surface area contributed by atoms with Crippen LogP contribution in [0.3, 0.4) is 0 Å². The van der Waals surface area contributed by atoms with Gasteiger partial charge in [0, 0.05) is 47.4 Å². The van der Waals surface area contributed by atoms with Crippen molar-refractivity contribution in [2.45, 2.75) is 11.5 Å². The zero-order valence-electron chi connectivity index (χ0n) is 22.5. The molecular formula is C31H31ClN3O5P. The molecule has 0 saturated carbocycles. The molecule has 10 heteroatoms. The topological polar surface area (TPSA) is 110 Å². The monoisotopic (exact) mass is 591 g/mol. The van der Waals surface area contributed by atoms with Gasteiger partial charge in [0.05, 0.1) is 5.41 Å². The molecule has 1 amide bonds. The van der Waals surface area contributed by atoms with Crippen molar-refractivity contribution in [1.29, 1.82) is 0 Å². The Morgan fingerprint density at radius 3 is 2.34 bits per heavy atom. The van der Waals surface area contributed by atoms with Gasteiger partial charge >= 0.3 is 0 Å². The number of anilines is 1. The predicted molar refractivity (Wildman–Crippen MR) is 159 cm³/mol. The molecule has 2 fully saturated rings. The Hall–Kier alpha value is -3.10. The maximum Gasteiger partial charge on any atom is 0.250 e. The number of carbonyl (C=O) groups is 2. The SMILES string of the molecule is CN1C[C@@H](c2ccc(Cl)cc2)[C@@]2(CN(P(=O)(CO)CO)C/C(=C\c3ccccc3)C2=O)[C@@]12C(=O)Nc1ccccc12. The number of aliphatic hydroxyl groups excluding tert-OH is 2. The highest BCUT2D eigenvalue weighted by Crippen LogP contribution is 2.66. The molecule has 0 unspecified atom stereocenters. The van der Waals surface area contributed by atoms with Gasteiger partial charge in [0.25, 0.3) is 5.91 Å². The van der Waals surface area contributed by atoms with Crippen molar-refractivity contribution in [3.8, 4) is 0 Å². The van der Waals surface area contributed by atoms with Gasteiger partial charge in [0.1, 0.15) is 18.2 Å². The molecule has 3 aromatic rings. The Balaban J connectivity index is 1.68. The first-order valence-electron chi connectivity index (χ1n) is 13.4. The quantitative estimate of drug-likeness (QED) is 0.299. The van der Waals surface area contributed by atoms with Gasteiger partial charge in [0.15, 0.2) is 13.1 Å². The minimum atomic E-state index is -3.73. The van der Waals surface area contributed by atoms with E-state index >= 15 is 4.79 Å². The standard InChI is InChI=1S/C31H31ClN3O5P/c1-34-17-26(22-11-13-24(32)14-12-22)30(31(34)25-9-5-6-10-27(25)33-29(31)39)18-35(41(40,19-36)20-37)16-23(28(30)38)15-21-7-3-2-4-8-21/h2-15,26,36-37H,16-20H2,1H3,(H,33,39)/b23-15+/t26-,30+,31+/m0/s1. The molecule has 0 aliphatic carbocycles. The predicted octanol–water partition coefficient (Wildman–Crippen LogP) is 4.35. The van der Waals surface area contributed by atoms with Crippen molar-refractivity contribution in [2.75, 3.05) is 44.7 Å². The summed E-state index contributed by atoms with van der Waals surface area (Å²) in [6.45, 7) is 0.212. The summed E-state index contributed by atoms with van der Waals surface area (Å²) in [5.41, 5.74) is 0.311. The summed E-state index contributed by atoms with van der Waals surface area (Å²) in [6.07, 6.45) is 0.242. The van der Waals surface area contributed by atoms with E-state index in [9.17, 15) is 19.6 Å². The summed E-state index contributed by atoms with van der Waals surface area (Å²) in [5, 5.41) is 24.1. The van der Waals surface area contributed by atoms with Gasteiger partial charge in [-0.15, -0.1) is 0 Å². The molecule has 3 N–H and O–H groups in total. The Morgan fingerprint density at radius 2 is 1.66 bits per heavy atom. The second-order valence-corrected chi connectivity index (χ2v) is 14.3. The van der Waals surface area contributed by atoms with Crippen LogP contribution in [0.4, 0.5) is 5.69 Å². The molecule has 8 nitrogen and oxygen atoms in total. The fourth-order valence-corrected chi connectivity index (χ4v) is 8.63. The lowest BCUT2D eigenvalue weighted by Gasteiger charge is -2.52. The number of Topliss-reactive ketones (excluding diaryl/α,β-unsaturated/α-hetero) is 1. The Bertz CT molecular complexity index is 1590. The Labute approximate surface area is 243 Å². The molecule has 3 aromatic carbocycles. The lowest BCUT2D eigenvalue weighted by Crippen LogP contribution is -2.65. The third kappa shape index (κ3) is 4.01. The van der Waals surface area contributed by atoms with Crippen molar-refractivity contribution in [3.63, 3.8) is 0 Å². The number of ketones is 1. The van der Waals surface area contributed by atoms with Gasteiger partial charge in [-0.3, -0.25) is 14.5 Å². The zero-order valence-corrected chi connectivity index (χ0v) is 24.2. The first-order chi connectivity index (χ1) is 19.7. The number of rotatable bonds is 5. The highest BCUT2D eigenvalue weighted by Gasteiger charge is 2.75. The lowest BCUT2D eigenvalue weighted by atomic mass is 9.56. The number of para-hydroxylation sites is 1. The Kier molecular flexibility index (Phi) is 7.05. The summed E-state index contributed by atoms with van der Waals surface area (Å²) in [6, 6.07) is 23.9. The summed E-state index contributed by atoms with van der Waals surface area (Å²) in [5.74, 6) is -1.08. The molecule has 3 aliphatic heterocycles. The molecule has 2 spiro atoms. The van der Waals surface area contributed by atoms with E-state index in [4.69, 9.17) is 11.6 Å². The average molecular weight is 592 g/mol. The number of carbonyl (C=O) groups excluding carboxylic acids is 2. The van der Waals surface area contributed by atoms with Crippen molar-refractivity contribution in [1.82, 2.24) is 9.57 Å². The number of aliphatic hydroxyl groups is 2. The fraction of sp³-hybridized carbons (Fsp3) is 0.290. The summed E-state index contributed by atoms with van der Waals surface area (Å²) >= 11 is 6.25. The van der Waals surface area contributed by atoms with Gasteiger partial charge in [-0.25, -0.2) is 4.67 Å². The van der Waals surface area contributed by atoms with E-state index in [2.05, 4.69) is 5.32 Å². The number of fused-ring (bicyclic) bond motifs is 3. The van der Waals surface area contributed by atoms with Crippen LogP contribution in [-0.4, -0.2) is 70.9 Å². The summed E-state index contributed by atoms with van der Waals surface area (Å²) in [7, 11) is -1.89. The van der Waals surface area contributed by atoms with E-state index in [-0.39, 0.29) is 24.8 Å². The number of amides is 1. The molecular weight excluding hydrogens is 561 g/mol. The van der Waals surface area contributed by atoms with Gasteiger partial charge in [-0.05, 0) is 42.4 Å². The molecule has 3 atom stereocenters. The first kappa shape index (κ1) is 28.0. The van der Waals surface area contributed by atoms with E-state index in [1.165, 1.54) is 0 Å². The zero-order chi connectivity index (χ0) is 29.0. The fourth-order valence-electron chi connectivity index (χ4n) is 7.17. The van der Waals surface area contributed by atoms with Crippen LogP contribution in [0.2, 0.25) is 5.02 Å². The van der Waals surface area contributed by atoms with Crippen LogP contribution >= 0.6 is 18.9 Å². The first-order valence-corrected chi connectivity index (χ1v) is 15.9. The highest BCUT2D eigenvalue weighted by molar-refractivity contribution is 7.61. The number of nitrogens with one attached hydrogen (secondary N) is 1. The normalized spacial score (nSPS) is 27.6. The Morgan fingerprint density at radius 1 is 1.00 bits per heavy atom. The van der Waals surface area contributed by atoms with Crippen LogP contribution in [0, 0.1) is 5.41 Å². The van der Waals surface area contributed by atoms with Crippen LogP contribution in [-0.2, 0) is 19.7 Å². The molecule has 0 radical (unpaired) electrons. The molecule has 212 valence electrons. The molecule has 41 heavy (non-hydrogen) atoms. The maximum absolute atomic E-state index is 15.2. The molecule has 2 saturated heterocycles. The summed E-state index contributed by atoms with van der Waals surface area (Å²) < 4.78 is 15.5. The second kappa shape index (κ2) is 10.3. The second-order valence-electron chi connectivity index (χ2n) is 11.0. The van der Waals surface area contributed by atoms with Crippen molar-refractivity contribution in [2.24, 2.45) is 5.41 Å². The minimum Gasteiger partial charge on any atom is -0.387 e. The number of hydrogen-bond donors (Lipinski definition) is 3. The molecule has 0 bridgehead atoms. The van der Waals surface area contributed by atoms with Gasteiger partial charge < -0.3 is 20.1 Å². The lowest BCUT2D eigenvalue weighted by molar-refractivity contribution is -0.145. The number of piperidine rings is 1. The summed E-state index contributed by atoms with van der Waals surface area (Å²) in [4.78, 5) is 31.4. The smallest absolute Gasteiger partial charge is 0.250 e. The minimum absolute atomic E-state index is 0.0374. The van der Waals surface area contributed by atoms with Crippen molar-refractivity contribution < 1.29 is 24.4 Å². The van der Waals surface area contributed by atoms with E-state index in [1.54, 1.807) is 22.9 Å². The van der Waals surface area contributed by atoms with Crippen molar-refractivity contribution in [3.05, 3.63) is 106 Å². The number of likely N-dealkylation sites (N-methyl/N-ethyl adjacent to an activating group) is 1. The van der Waals surface area contributed by atoms with Crippen LogP contribution in [0.1, 0.15) is 22.6 Å². The van der Waals surface area contributed by atoms with Crippen molar-refractivity contribution >= 4 is 42.3 Å². The molecule has 6 rings (SSSR count). The number of benzene rings is 3. The average Bonchev–Trinajstić information content (AvgIpc) is 3.44. The molecule has 0 aromatic heterocycles. The van der Waals surface area contributed by atoms with E-state index < -0.39 is 36.9 Å². The maximum atomic E-state index is 15.2. The number of nitrogens with zero attached hydrogens (tertiary/aromatic N) is 2. The van der Waals surface area contributed by atoms with Gasteiger partial charge in [-0.2, -0.15) is 0 Å². The van der Waals surface area contributed by atoms with Gasteiger partial charge in [-0.1, -0.05) is 72.3 Å². The molecule has 3 aliphatic rings. The van der Waals surface area contributed by atoms with Crippen LogP contribution in [0.5, 0.6) is 0 Å². The van der Waals surface area contributed by atoms with E-state index in [1.807, 2.05) is 78.7 Å². The number of likely N-dealkylation sites (tertiary alicyclic amines) is 1. The largest absolute Gasteiger partial charge is 0.387 e. The molecule has 3 heterocycles. The van der Waals surface area contributed by atoms with Crippen LogP contribution in [0.15, 0.2) is 84.4 Å². The number of hydrogen-bond acceptors (Lipinski definition) is 6. The van der Waals surface area contributed by atoms with E-state index in [0.29, 0.717) is 28.4 Å². The number of halogens is 1. The highest BCUT2D eigenvalue weighted by atomic mass is 35.5. The third-order valence-corrected chi connectivity index (χ3v) is 11.5.